The number of hydrogen-bond acceptors (Lipinski definition) is 5. The molecule has 2 rings (SSSR count). The number of carbonyl (C=O) groups excluding carboxylic acids is 1. The normalized spacial score (nSPS) is 10.3. The van der Waals surface area contributed by atoms with E-state index in [2.05, 4.69) is 20.7 Å². The summed E-state index contributed by atoms with van der Waals surface area (Å²) in [7, 11) is 0. The summed E-state index contributed by atoms with van der Waals surface area (Å²) in [4.78, 5) is 15.7. The van der Waals surface area contributed by atoms with Gasteiger partial charge in [0.1, 0.15) is 11.6 Å². The highest BCUT2D eigenvalue weighted by Gasteiger charge is 2.07. The summed E-state index contributed by atoms with van der Waals surface area (Å²) in [5.74, 6) is 1.10. The number of benzene rings is 1. The molecule has 100 valence electrons. The minimum Gasteiger partial charge on any atom is -0.484 e. The molecule has 0 spiro atoms. The van der Waals surface area contributed by atoms with Crippen molar-refractivity contribution in [2.24, 2.45) is 0 Å². The molecule has 6 heteroatoms. The maximum atomic E-state index is 11.7. The van der Waals surface area contributed by atoms with E-state index < -0.39 is 0 Å². The van der Waals surface area contributed by atoms with Crippen molar-refractivity contribution >= 4 is 22.6 Å². The number of aryl methyl sites for hydroxylation is 3. The van der Waals surface area contributed by atoms with Gasteiger partial charge < -0.3 is 4.74 Å². The molecule has 0 unspecified atom stereocenters. The minimum atomic E-state index is -0.240. The van der Waals surface area contributed by atoms with E-state index in [1.54, 1.807) is 6.92 Å². The van der Waals surface area contributed by atoms with Gasteiger partial charge in [0.05, 0.1) is 0 Å². The van der Waals surface area contributed by atoms with Gasteiger partial charge in [-0.2, -0.15) is 4.37 Å². The number of nitrogens with zero attached hydrogens (tertiary/aromatic N) is 2. The maximum Gasteiger partial charge on any atom is 0.264 e. The lowest BCUT2D eigenvalue weighted by molar-refractivity contribution is -0.118. The van der Waals surface area contributed by atoms with Gasteiger partial charge in [0, 0.05) is 11.5 Å². The van der Waals surface area contributed by atoms with Crippen LogP contribution in [0.15, 0.2) is 18.2 Å². The Kier molecular flexibility index (Phi) is 4.11. The second-order valence-corrected chi connectivity index (χ2v) is 5.06. The highest BCUT2D eigenvalue weighted by atomic mass is 32.1. The molecule has 2 aromatic rings. The standard InChI is InChI=1S/C13H15N3O2S/c1-8-4-9(2)6-11(5-8)18-7-12(17)15-13-14-10(3)16-19-13/h4-6H,7H2,1-3H3,(H,14,15,16,17). The Labute approximate surface area is 115 Å². The quantitative estimate of drug-likeness (QED) is 0.932. The lowest BCUT2D eigenvalue weighted by Gasteiger charge is -2.07. The Morgan fingerprint density at radius 2 is 1.95 bits per heavy atom. The molecule has 0 atom stereocenters. The van der Waals surface area contributed by atoms with Gasteiger partial charge in [-0.15, -0.1) is 0 Å². The summed E-state index contributed by atoms with van der Waals surface area (Å²) in [5.41, 5.74) is 2.21. The number of hydrogen-bond donors (Lipinski definition) is 1. The summed E-state index contributed by atoms with van der Waals surface area (Å²) in [6.07, 6.45) is 0. The van der Waals surface area contributed by atoms with Crippen molar-refractivity contribution in [2.75, 3.05) is 11.9 Å². The van der Waals surface area contributed by atoms with Crippen LogP contribution in [0.25, 0.3) is 0 Å². The lowest BCUT2D eigenvalue weighted by Crippen LogP contribution is -2.20. The SMILES string of the molecule is Cc1cc(C)cc(OCC(=O)Nc2nc(C)ns2)c1. The van der Waals surface area contributed by atoms with Crippen molar-refractivity contribution < 1.29 is 9.53 Å². The van der Waals surface area contributed by atoms with E-state index in [-0.39, 0.29) is 12.5 Å². The first-order valence-electron chi connectivity index (χ1n) is 5.84. The number of carbonyl (C=O) groups is 1. The number of anilines is 1. The Morgan fingerprint density at radius 3 is 2.53 bits per heavy atom. The fraction of sp³-hybridized carbons (Fsp3) is 0.308. The van der Waals surface area contributed by atoms with Crippen LogP contribution >= 0.6 is 11.5 Å². The van der Waals surface area contributed by atoms with Crippen LogP contribution < -0.4 is 10.1 Å². The second-order valence-electron chi connectivity index (χ2n) is 4.31. The van der Waals surface area contributed by atoms with Crippen LogP contribution in [-0.2, 0) is 4.79 Å². The predicted molar refractivity (Wildman–Crippen MR) is 74.7 cm³/mol. The maximum absolute atomic E-state index is 11.7. The van der Waals surface area contributed by atoms with Crippen LogP contribution in [0.1, 0.15) is 17.0 Å². The highest BCUT2D eigenvalue weighted by molar-refractivity contribution is 7.09. The molecule has 1 heterocycles. The molecule has 1 aromatic carbocycles. The van der Waals surface area contributed by atoms with Gasteiger partial charge in [-0.1, -0.05) is 6.07 Å². The molecule has 1 N–H and O–H groups in total. The number of ether oxygens (including phenoxy) is 1. The van der Waals surface area contributed by atoms with Gasteiger partial charge in [-0.05, 0) is 44.0 Å². The molecule has 0 saturated heterocycles. The van der Waals surface area contributed by atoms with E-state index >= 15 is 0 Å². The van der Waals surface area contributed by atoms with Crippen molar-refractivity contribution in [3.8, 4) is 5.75 Å². The first kappa shape index (κ1) is 13.5. The Bertz CT molecular complexity index is 575. The number of rotatable bonds is 4. The zero-order valence-corrected chi connectivity index (χ0v) is 11.9. The van der Waals surface area contributed by atoms with Crippen LogP contribution in [0, 0.1) is 20.8 Å². The molecule has 0 aliphatic heterocycles. The van der Waals surface area contributed by atoms with Crippen LogP contribution in [0.3, 0.4) is 0 Å². The van der Waals surface area contributed by atoms with E-state index in [0.29, 0.717) is 16.7 Å². The van der Waals surface area contributed by atoms with E-state index in [9.17, 15) is 4.79 Å². The Morgan fingerprint density at radius 1 is 1.26 bits per heavy atom. The van der Waals surface area contributed by atoms with Crippen molar-refractivity contribution in [3.05, 3.63) is 35.2 Å². The van der Waals surface area contributed by atoms with Gasteiger partial charge in [0.2, 0.25) is 5.13 Å². The number of aromatic nitrogens is 2. The molecule has 0 bridgehead atoms. The van der Waals surface area contributed by atoms with E-state index in [4.69, 9.17) is 4.74 Å². The topological polar surface area (TPSA) is 64.1 Å². The predicted octanol–water partition coefficient (Wildman–Crippen LogP) is 2.48. The van der Waals surface area contributed by atoms with E-state index in [0.717, 1.165) is 22.7 Å². The van der Waals surface area contributed by atoms with Gasteiger partial charge >= 0.3 is 0 Å². The summed E-state index contributed by atoms with van der Waals surface area (Å²) in [5, 5.41) is 3.14. The molecule has 5 nitrogen and oxygen atoms in total. The zero-order valence-electron chi connectivity index (χ0n) is 11.1. The monoisotopic (exact) mass is 277 g/mol. The molecule has 0 fully saturated rings. The molecule has 0 aliphatic rings. The van der Waals surface area contributed by atoms with E-state index in [1.165, 1.54) is 0 Å². The molecule has 19 heavy (non-hydrogen) atoms. The molecule has 1 aromatic heterocycles. The number of nitrogens with one attached hydrogen (secondary N) is 1. The fourth-order valence-electron chi connectivity index (χ4n) is 1.67. The van der Waals surface area contributed by atoms with Gasteiger partial charge in [0.25, 0.3) is 5.91 Å². The lowest BCUT2D eigenvalue weighted by atomic mass is 10.1. The van der Waals surface area contributed by atoms with E-state index in [1.807, 2.05) is 26.0 Å². The van der Waals surface area contributed by atoms with Crippen LogP contribution in [0.2, 0.25) is 0 Å². The molecule has 0 saturated carbocycles. The van der Waals surface area contributed by atoms with Crippen molar-refractivity contribution in [2.45, 2.75) is 20.8 Å². The smallest absolute Gasteiger partial charge is 0.264 e. The Balaban J connectivity index is 1.89. The molecule has 0 aliphatic carbocycles. The molecule has 1 amide bonds. The van der Waals surface area contributed by atoms with Gasteiger partial charge in [0.15, 0.2) is 6.61 Å². The summed E-state index contributed by atoms with van der Waals surface area (Å²) in [6, 6.07) is 5.85. The second kappa shape index (κ2) is 5.79. The molecular formula is C13H15N3O2S. The first-order valence-corrected chi connectivity index (χ1v) is 6.61. The van der Waals surface area contributed by atoms with Crippen molar-refractivity contribution in [3.63, 3.8) is 0 Å². The van der Waals surface area contributed by atoms with Gasteiger partial charge in [-0.3, -0.25) is 10.1 Å². The third-order valence-corrected chi connectivity index (χ3v) is 3.06. The van der Waals surface area contributed by atoms with Crippen LogP contribution in [0.4, 0.5) is 5.13 Å². The summed E-state index contributed by atoms with van der Waals surface area (Å²) < 4.78 is 9.44. The van der Waals surface area contributed by atoms with Crippen molar-refractivity contribution in [1.29, 1.82) is 0 Å². The van der Waals surface area contributed by atoms with Gasteiger partial charge in [-0.25, -0.2) is 4.98 Å². The third kappa shape index (κ3) is 4.03. The molecular weight excluding hydrogens is 262 g/mol. The fourth-order valence-corrected chi connectivity index (χ4v) is 2.26. The Hall–Kier alpha value is -1.95. The summed E-state index contributed by atoms with van der Waals surface area (Å²) in [6.45, 7) is 5.72. The highest BCUT2D eigenvalue weighted by Crippen LogP contribution is 2.16. The average molecular weight is 277 g/mol. The summed E-state index contributed by atoms with van der Waals surface area (Å²) >= 11 is 1.16. The largest absolute Gasteiger partial charge is 0.484 e. The first-order chi connectivity index (χ1) is 9.02. The minimum absolute atomic E-state index is 0.0402. The third-order valence-electron chi connectivity index (χ3n) is 2.34. The van der Waals surface area contributed by atoms with Crippen molar-refractivity contribution in [1.82, 2.24) is 9.36 Å². The van der Waals surface area contributed by atoms with Crippen LogP contribution in [-0.4, -0.2) is 21.9 Å². The number of amides is 1. The zero-order chi connectivity index (χ0) is 13.8. The molecule has 0 radical (unpaired) electrons. The van der Waals surface area contributed by atoms with Crippen LogP contribution in [0.5, 0.6) is 5.75 Å². The average Bonchev–Trinajstić information content (AvgIpc) is 2.71.